The Hall–Kier alpha value is -4.62. The van der Waals surface area contributed by atoms with Crippen LogP contribution in [0.25, 0.3) is 27.8 Å². The molecule has 1 amide bonds. The van der Waals surface area contributed by atoms with Crippen LogP contribution in [-0.4, -0.2) is 10.5 Å². The first kappa shape index (κ1) is 22.2. The summed E-state index contributed by atoms with van der Waals surface area (Å²) in [6.45, 7) is 4.65. The first-order valence-corrected chi connectivity index (χ1v) is 11.6. The monoisotopic (exact) mass is 455 g/mol. The molecule has 4 heteroatoms. The number of carbonyl (C=O) groups is 1. The fourth-order valence-electron chi connectivity index (χ4n) is 4.44. The average molecular weight is 456 g/mol. The van der Waals surface area contributed by atoms with Crippen molar-refractivity contribution in [2.45, 2.75) is 20.4 Å². The Balaban J connectivity index is 1.49. The zero-order valence-corrected chi connectivity index (χ0v) is 19.7. The van der Waals surface area contributed by atoms with Crippen molar-refractivity contribution in [2.75, 3.05) is 5.32 Å². The van der Waals surface area contributed by atoms with Crippen LogP contribution < -0.4 is 5.32 Å². The first-order chi connectivity index (χ1) is 17.0. The number of aryl methyl sites for hydroxylation is 1. The summed E-state index contributed by atoms with van der Waals surface area (Å²) in [5, 5.41) is 16.1. The van der Waals surface area contributed by atoms with E-state index in [-0.39, 0.29) is 5.57 Å². The standard InChI is InChI=1S/C31H25N3O/c1-21-8-7-12-29(22(21)2)33-31(35)26(18-32)17-27-20-34(30-13-6-5-11-28(27)30)19-23-14-15-24-9-3-4-10-25(24)16-23/h3-17,20H,19H2,1-2H3,(H,33,35)/b26-17+. The second kappa shape index (κ2) is 9.32. The highest BCUT2D eigenvalue weighted by molar-refractivity contribution is 6.11. The number of nitriles is 1. The second-order valence-corrected chi connectivity index (χ2v) is 8.78. The molecule has 0 radical (unpaired) electrons. The summed E-state index contributed by atoms with van der Waals surface area (Å²) in [6, 6.07) is 30.7. The van der Waals surface area contributed by atoms with Gasteiger partial charge in [0, 0.05) is 34.9 Å². The van der Waals surface area contributed by atoms with Crippen LogP contribution in [0.4, 0.5) is 5.69 Å². The Kier molecular flexibility index (Phi) is 5.91. The predicted octanol–water partition coefficient (Wildman–Crippen LogP) is 7.01. The van der Waals surface area contributed by atoms with Gasteiger partial charge in [0.05, 0.1) is 0 Å². The normalized spacial score (nSPS) is 11.5. The number of nitrogens with one attached hydrogen (secondary N) is 1. The highest BCUT2D eigenvalue weighted by Crippen LogP contribution is 2.26. The van der Waals surface area contributed by atoms with E-state index in [0.29, 0.717) is 6.54 Å². The lowest BCUT2D eigenvalue weighted by molar-refractivity contribution is -0.112. The average Bonchev–Trinajstić information content (AvgIpc) is 3.22. The quantitative estimate of drug-likeness (QED) is 0.229. The minimum absolute atomic E-state index is 0.0690. The molecule has 35 heavy (non-hydrogen) atoms. The summed E-state index contributed by atoms with van der Waals surface area (Å²) < 4.78 is 2.17. The van der Waals surface area contributed by atoms with Gasteiger partial charge in [-0.15, -0.1) is 0 Å². The van der Waals surface area contributed by atoms with E-state index in [4.69, 9.17) is 0 Å². The van der Waals surface area contributed by atoms with Crippen molar-refractivity contribution in [1.82, 2.24) is 4.57 Å². The maximum Gasteiger partial charge on any atom is 0.266 e. The second-order valence-electron chi connectivity index (χ2n) is 8.78. The number of amides is 1. The van der Waals surface area contributed by atoms with Crippen LogP contribution in [0.2, 0.25) is 0 Å². The number of carbonyl (C=O) groups excluding carboxylic acids is 1. The van der Waals surface area contributed by atoms with Gasteiger partial charge in [0.25, 0.3) is 5.91 Å². The third kappa shape index (κ3) is 4.45. The first-order valence-electron chi connectivity index (χ1n) is 11.6. The molecular formula is C31H25N3O. The smallest absolute Gasteiger partial charge is 0.266 e. The van der Waals surface area contributed by atoms with Crippen LogP contribution in [0.3, 0.4) is 0 Å². The topological polar surface area (TPSA) is 57.8 Å². The Labute approximate surface area is 204 Å². The van der Waals surface area contributed by atoms with Crippen molar-refractivity contribution in [3.8, 4) is 6.07 Å². The molecule has 4 nitrogen and oxygen atoms in total. The zero-order valence-electron chi connectivity index (χ0n) is 19.7. The molecule has 0 aliphatic heterocycles. The van der Waals surface area contributed by atoms with Crippen LogP contribution in [0, 0.1) is 25.2 Å². The lowest BCUT2D eigenvalue weighted by Crippen LogP contribution is -2.14. The van der Waals surface area contributed by atoms with Crippen molar-refractivity contribution < 1.29 is 4.79 Å². The van der Waals surface area contributed by atoms with Crippen molar-refractivity contribution in [2.24, 2.45) is 0 Å². The van der Waals surface area contributed by atoms with Gasteiger partial charge in [0.2, 0.25) is 0 Å². The van der Waals surface area contributed by atoms with E-state index in [9.17, 15) is 10.1 Å². The molecule has 0 aliphatic rings. The molecule has 0 unspecified atom stereocenters. The number of rotatable bonds is 5. The number of para-hydroxylation sites is 1. The number of hydrogen-bond acceptors (Lipinski definition) is 2. The molecule has 1 heterocycles. The van der Waals surface area contributed by atoms with Gasteiger partial charge in [0.15, 0.2) is 0 Å². The molecule has 0 bridgehead atoms. The number of benzene rings is 4. The van der Waals surface area contributed by atoms with Crippen LogP contribution >= 0.6 is 0 Å². The molecule has 170 valence electrons. The fraction of sp³-hybridized carbons (Fsp3) is 0.0968. The summed E-state index contributed by atoms with van der Waals surface area (Å²) in [7, 11) is 0. The lowest BCUT2D eigenvalue weighted by atomic mass is 10.1. The highest BCUT2D eigenvalue weighted by Gasteiger charge is 2.14. The number of fused-ring (bicyclic) bond motifs is 2. The van der Waals surface area contributed by atoms with Gasteiger partial charge < -0.3 is 9.88 Å². The van der Waals surface area contributed by atoms with E-state index in [1.165, 1.54) is 16.3 Å². The van der Waals surface area contributed by atoms with E-state index in [1.54, 1.807) is 6.08 Å². The van der Waals surface area contributed by atoms with Crippen molar-refractivity contribution >= 4 is 39.3 Å². The van der Waals surface area contributed by atoms with E-state index in [0.717, 1.165) is 33.3 Å². The highest BCUT2D eigenvalue weighted by atomic mass is 16.1. The predicted molar refractivity (Wildman–Crippen MR) is 143 cm³/mol. The molecule has 0 saturated carbocycles. The van der Waals surface area contributed by atoms with Gasteiger partial charge in [-0.1, -0.05) is 66.7 Å². The molecular weight excluding hydrogens is 430 g/mol. The Morgan fingerprint density at radius 2 is 1.71 bits per heavy atom. The maximum atomic E-state index is 13.0. The minimum Gasteiger partial charge on any atom is -0.342 e. The third-order valence-electron chi connectivity index (χ3n) is 6.50. The summed E-state index contributed by atoms with van der Waals surface area (Å²) >= 11 is 0. The molecule has 4 aromatic carbocycles. The number of nitrogens with zero attached hydrogens (tertiary/aromatic N) is 2. The molecule has 1 N–H and O–H groups in total. The van der Waals surface area contributed by atoms with Gasteiger partial charge in [-0.05, 0) is 65.6 Å². The van der Waals surface area contributed by atoms with E-state index in [2.05, 4.69) is 52.4 Å². The van der Waals surface area contributed by atoms with Gasteiger partial charge >= 0.3 is 0 Å². The Bertz CT molecular complexity index is 1650. The van der Waals surface area contributed by atoms with E-state index < -0.39 is 5.91 Å². The van der Waals surface area contributed by atoms with Gasteiger partial charge in [-0.2, -0.15) is 5.26 Å². The van der Waals surface area contributed by atoms with Crippen molar-refractivity contribution in [3.63, 3.8) is 0 Å². The summed E-state index contributed by atoms with van der Waals surface area (Å²) in [6.07, 6.45) is 3.70. The van der Waals surface area contributed by atoms with Crippen LogP contribution in [-0.2, 0) is 11.3 Å². The van der Waals surface area contributed by atoms with Gasteiger partial charge in [0.1, 0.15) is 11.6 Å². The number of aromatic nitrogens is 1. The molecule has 1 aromatic heterocycles. The molecule has 0 aliphatic carbocycles. The van der Waals surface area contributed by atoms with Crippen molar-refractivity contribution in [3.05, 3.63) is 119 Å². The molecule has 0 saturated heterocycles. The van der Waals surface area contributed by atoms with E-state index in [1.807, 2.05) is 68.6 Å². The molecule has 0 spiro atoms. The minimum atomic E-state index is -0.410. The zero-order chi connectivity index (χ0) is 24.4. The molecule has 5 rings (SSSR count). The van der Waals surface area contributed by atoms with Crippen LogP contribution in [0.15, 0.2) is 96.7 Å². The molecule has 0 fully saturated rings. The SMILES string of the molecule is Cc1cccc(NC(=O)/C(C#N)=C/c2cn(Cc3ccc4ccccc4c3)c3ccccc23)c1C. The Morgan fingerprint density at radius 3 is 2.54 bits per heavy atom. The van der Waals surface area contributed by atoms with Gasteiger partial charge in [-0.25, -0.2) is 0 Å². The maximum absolute atomic E-state index is 13.0. The van der Waals surface area contributed by atoms with Crippen molar-refractivity contribution in [1.29, 1.82) is 5.26 Å². The fourth-order valence-corrected chi connectivity index (χ4v) is 4.44. The summed E-state index contributed by atoms with van der Waals surface area (Å²) in [5.74, 6) is -0.410. The van der Waals surface area contributed by atoms with Crippen LogP contribution in [0.1, 0.15) is 22.3 Å². The molecule has 5 aromatic rings. The largest absolute Gasteiger partial charge is 0.342 e. The third-order valence-corrected chi connectivity index (χ3v) is 6.50. The number of anilines is 1. The number of hydrogen-bond donors (Lipinski definition) is 1. The van der Waals surface area contributed by atoms with E-state index >= 15 is 0 Å². The van der Waals surface area contributed by atoms with Crippen LogP contribution in [0.5, 0.6) is 0 Å². The lowest BCUT2D eigenvalue weighted by Gasteiger charge is -2.09. The summed E-state index contributed by atoms with van der Waals surface area (Å²) in [5.41, 5.74) is 5.95. The summed E-state index contributed by atoms with van der Waals surface area (Å²) in [4.78, 5) is 13.0. The molecule has 0 atom stereocenters. The Morgan fingerprint density at radius 1 is 0.943 bits per heavy atom. The van der Waals surface area contributed by atoms with Gasteiger partial charge in [-0.3, -0.25) is 4.79 Å².